The molecular weight excluding hydrogens is 305 g/mol. The van der Waals surface area contributed by atoms with Gasteiger partial charge >= 0.3 is 96.8 Å². The van der Waals surface area contributed by atoms with E-state index in [1.807, 2.05) is 0 Å². The van der Waals surface area contributed by atoms with Gasteiger partial charge in [0.2, 0.25) is 0 Å². The number of aliphatic carboxylic acids is 2. The van der Waals surface area contributed by atoms with Crippen LogP contribution in [0.25, 0.3) is 0 Å². The van der Waals surface area contributed by atoms with E-state index in [-0.39, 0.29) is 68.2 Å². The molecule has 0 unspecified atom stereocenters. The summed E-state index contributed by atoms with van der Waals surface area (Å²) in [5.74, 6) is -4.37. The van der Waals surface area contributed by atoms with E-state index in [4.69, 9.17) is 35.5 Å². The minimum atomic E-state index is -5.62. The molecule has 13 heavy (non-hydrogen) atoms. The van der Waals surface area contributed by atoms with Crippen LogP contribution in [0.3, 0.4) is 0 Å². The van der Waals surface area contributed by atoms with Crippen molar-refractivity contribution in [1.82, 2.24) is 0 Å². The van der Waals surface area contributed by atoms with Crippen LogP contribution in [0.15, 0.2) is 0 Å². The molecule has 0 amide bonds. The summed E-state index contributed by atoms with van der Waals surface area (Å²) >= 11 is -5.62. The normalized spacial score (nSPS) is 7.77. The summed E-state index contributed by atoms with van der Waals surface area (Å²) in [6.45, 7) is 0. The molecule has 73 valence electrons. The van der Waals surface area contributed by atoms with Gasteiger partial charge in [-0.15, -0.1) is 0 Å². The van der Waals surface area contributed by atoms with E-state index in [1.165, 1.54) is 0 Å². The summed E-state index contributed by atoms with van der Waals surface area (Å²) < 4.78 is 34.3. The molecule has 0 N–H and O–H groups in total. The number of carbonyl (C=O) groups is 2. The quantitative estimate of drug-likeness (QED) is 0.315. The van der Waals surface area contributed by atoms with Crippen molar-refractivity contribution in [3.8, 4) is 0 Å². The molecule has 0 spiro atoms. The molecule has 0 saturated heterocycles. The van der Waals surface area contributed by atoms with Gasteiger partial charge in [0.15, 0.2) is 0 Å². The Morgan fingerprint density at radius 2 is 1.00 bits per heavy atom. The van der Waals surface area contributed by atoms with Gasteiger partial charge in [-0.2, -0.15) is 0 Å². The van der Waals surface area contributed by atoms with Gasteiger partial charge in [-0.3, -0.25) is 0 Å². The van der Waals surface area contributed by atoms with Crippen molar-refractivity contribution in [2.45, 2.75) is 0 Å². The van der Waals surface area contributed by atoms with E-state index in [1.54, 1.807) is 0 Å². The molecule has 0 aromatic heterocycles. The second kappa shape index (κ2) is 11.0. The van der Waals surface area contributed by atoms with Crippen molar-refractivity contribution in [2.75, 3.05) is 0 Å². The molecule has 0 bridgehead atoms. The van der Waals surface area contributed by atoms with E-state index in [0.29, 0.717) is 0 Å². The third kappa shape index (κ3) is 63.3. The molecule has 0 aliphatic rings. The van der Waals surface area contributed by atoms with Gasteiger partial charge in [-0.25, -0.2) is 0 Å². The zero-order valence-electron chi connectivity index (χ0n) is 5.98. The monoisotopic (exact) mass is 305 g/mol. The SMILES string of the molecule is O=C([O-])C(=O)[O-].[Co+2].[K+].[O]=[Mn](=[O])(=[O])[O-]. The van der Waals surface area contributed by atoms with Crippen LogP contribution >= 0.6 is 0 Å². The second-order valence-electron chi connectivity index (χ2n) is 0.953. The Hall–Kier alpha value is 0.962. The summed E-state index contributed by atoms with van der Waals surface area (Å²) in [4.78, 5) is 17.9. The predicted molar refractivity (Wildman–Crippen MR) is 12.1 cm³/mol. The zero-order chi connectivity index (χ0) is 9.65. The molecule has 8 nitrogen and oxygen atoms in total. The van der Waals surface area contributed by atoms with E-state index in [2.05, 4.69) is 0 Å². The Morgan fingerprint density at radius 1 is 0.923 bits per heavy atom. The van der Waals surface area contributed by atoms with E-state index < -0.39 is 24.9 Å². The molecular formula is C2CoKMnO8. The van der Waals surface area contributed by atoms with Crippen LogP contribution in [0.1, 0.15) is 0 Å². The van der Waals surface area contributed by atoms with Crippen LogP contribution in [0.5, 0.6) is 0 Å². The third-order valence-corrected chi connectivity index (χ3v) is 0.167. The molecule has 0 heterocycles. The molecule has 0 aliphatic carbocycles. The molecule has 0 aliphatic heterocycles. The average molecular weight is 305 g/mol. The number of rotatable bonds is 0. The summed E-state index contributed by atoms with van der Waals surface area (Å²) in [6.07, 6.45) is 0. The van der Waals surface area contributed by atoms with Crippen molar-refractivity contribution in [1.29, 1.82) is 0 Å². The van der Waals surface area contributed by atoms with Crippen LogP contribution in [-0.4, -0.2) is 11.9 Å². The van der Waals surface area contributed by atoms with Gasteiger partial charge < -0.3 is 19.8 Å². The molecule has 0 aromatic rings. The Kier molecular flexibility index (Phi) is 20.1. The van der Waals surface area contributed by atoms with Gasteiger partial charge in [0.25, 0.3) is 0 Å². The van der Waals surface area contributed by atoms with E-state index >= 15 is 0 Å². The first-order valence-corrected chi connectivity index (χ1v) is 3.61. The van der Waals surface area contributed by atoms with Crippen molar-refractivity contribution in [3.05, 3.63) is 0 Å². The first-order valence-electron chi connectivity index (χ1n) is 1.68. The summed E-state index contributed by atoms with van der Waals surface area (Å²) in [5.41, 5.74) is 0. The standard InChI is InChI=1S/C2H2O4.Co.K.Mn.4O/c3-1(4)2(5)6;;;;;;;/h(H,3,4)(H,5,6);;;;;;;/q;+2;+1;;;;;-1/p-2. The Balaban J connectivity index is -0.0000000546. The zero-order valence-corrected chi connectivity index (χ0v) is 11.3. The Morgan fingerprint density at radius 3 is 1.00 bits per heavy atom. The maximum atomic E-state index is 8.93. The van der Waals surface area contributed by atoms with E-state index in [9.17, 15) is 0 Å². The molecule has 0 rings (SSSR count). The number of hydrogen-bond donors (Lipinski definition) is 0. The molecule has 0 aromatic carbocycles. The fourth-order valence-electron chi connectivity index (χ4n) is 0. The van der Waals surface area contributed by atoms with Gasteiger partial charge in [0.1, 0.15) is 0 Å². The summed E-state index contributed by atoms with van der Waals surface area (Å²) in [5, 5.41) is 17.9. The molecule has 0 fully saturated rings. The number of carbonyl (C=O) groups excluding carboxylic acids is 2. The van der Waals surface area contributed by atoms with Gasteiger partial charge in [-0.05, 0) is 0 Å². The third-order valence-electron chi connectivity index (χ3n) is 0.167. The fraction of sp³-hybridized carbons (Fsp3) is 0. The van der Waals surface area contributed by atoms with Crippen molar-refractivity contribution >= 4 is 11.9 Å². The van der Waals surface area contributed by atoms with Crippen LogP contribution in [0.2, 0.25) is 0 Å². The molecule has 0 saturated carbocycles. The Bertz CT molecular complexity index is 272. The summed E-state index contributed by atoms with van der Waals surface area (Å²) in [7, 11) is 0. The fourth-order valence-corrected chi connectivity index (χ4v) is 0. The molecule has 0 atom stereocenters. The first kappa shape index (κ1) is 23.6. The topological polar surface area (TPSA) is 155 Å². The van der Waals surface area contributed by atoms with Gasteiger partial charge in [0, 0.05) is 0 Å². The van der Waals surface area contributed by atoms with Crippen LogP contribution in [0.4, 0.5) is 0 Å². The Labute approximate surface area is 126 Å². The molecule has 11 heteroatoms. The number of hydrogen-bond acceptors (Lipinski definition) is 8. The second-order valence-corrected chi connectivity index (χ2v) is 2.13. The van der Waals surface area contributed by atoms with Gasteiger partial charge in [0.05, 0.1) is 11.9 Å². The minimum absolute atomic E-state index is 0. The van der Waals surface area contributed by atoms with E-state index in [0.717, 1.165) is 0 Å². The number of carboxylic acid groups (broad SMARTS) is 2. The van der Waals surface area contributed by atoms with Crippen molar-refractivity contribution in [3.63, 3.8) is 0 Å². The number of carboxylic acids is 2. The van der Waals surface area contributed by atoms with Crippen molar-refractivity contribution < 1.29 is 117 Å². The van der Waals surface area contributed by atoms with Crippen LogP contribution in [0, 0.1) is 0 Å². The first-order chi connectivity index (χ1) is 4.64. The average Bonchev–Trinajstić information content (AvgIpc) is 1.59. The summed E-state index contributed by atoms with van der Waals surface area (Å²) in [6, 6.07) is 0. The maximum absolute atomic E-state index is 8.93. The van der Waals surface area contributed by atoms with Crippen molar-refractivity contribution in [2.24, 2.45) is 0 Å². The molecule has 1 radical (unpaired) electrons. The predicted octanol–water partition coefficient (Wildman–Crippen LogP) is -8.06. The van der Waals surface area contributed by atoms with Crippen LogP contribution < -0.4 is 65.8 Å². The van der Waals surface area contributed by atoms with Gasteiger partial charge in [-0.1, -0.05) is 0 Å². The van der Waals surface area contributed by atoms with Crippen LogP contribution in [-0.2, 0) is 50.8 Å².